The standard InChI is InChI=1S/C14H19N3OS2/c1-2-3-4-5-6-9-12-16-17-14(20-12)15-13(18)11-8-7-10-19-11/h7-8,10H,2-6,9H2,1H3,(H,15,17,18). The van der Waals surface area contributed by atoms with Crippen molar-refractivity contribution in [1.29, 1.82) is 0 Å². The first-order valence-corrected chi connectivity index (χ1v) is 8.66. The summed E-state index contributed by atoms with van der Waals surface area (Å²) < 4.78 is 0. The molecule has 1 N–H and O–H groups in total. The van der Waals surface area contributed by atoms with Gasteiger partial charge in [0.25, 0.3) is 5.91 Å². The number of carbonyl (C=O) groups is 1. The third kappa shape index (κ3) is 4.68. The molecule has 0 fully saturated rings. The van der Waals surface area contributed by atoms with Gasteiger partial charge in [0, 0.05) is 6.42 Å². The molecule has 2 aromatic heterocycles. The van der Waals surface area contributed by atoms with E-state index in [2.05, 4.69) is 22.4 Å². The van der Waals surface area contributed by atoms with Crippen molar-refractivity contribution in [2.45, 2.75) is 45.4 Å². The van der Waals surface area contributed by atoms with Gasteiger partial charge in [0.15, 0.2) is 0 Å². The van der Waals surface area contributed by atoms with Crippen LogP contribution in [0.15, 0.2) is 17.5 Å². The van der Waals surface area contributed by atoms with Gasteiger partial charge in [0.2, 0.25) is 5.13 Å². The number of aromatic nitrogens is 2. The fourth-order valence-electron chi connectivity index (χ4n) is 1.85. The highest BCUT2D eigenvalue weighted by Gasteiger charge is 2.10. The molecule has 0 saturated heterocycles. The lowest BCUT2D eigenvalue weighted by Crippen LogP contribution is -2.09. The van der Waals surface area contributed by atoms with Crippen LogP contribution >= 0.6 is 22.7 Å². The fourth-order valence-corrected chi connectivity index (χ4v) is 3.25. The highest BCUT2D eigenvalue weighted by Crippen LogP contribution is 2.19. The van der Waals surface area contributed by atoms with Crippen LogP contribution in [0.3, 0.4) is 0 Å². The van der Waals surface area contributed by atoms with E-state index in [1.165, 1.54) is 48.4 Å². The molecule has 0 atom stereocenters. The molecule has 6 heteroatoms. The number of nitrogens with zero attached hydrogens (tertiary/aromatic N) is 2. The maximum Gasteiger partial charge on any atom is 0.267 e. The average Bonchev–Trinajstić information content (AvgIpc) is 3.09. The minimum absolute atomic E-state index is 0.106. The van der Waals surface area contributed by atoms with Gasteiger partial charge in [0.05, 0.1) is 4.88 Å². The molecule has 0 aliphatic heterocycles. The lowest BCUT2D eigenvalue weighted by molar-refractivity contribution is 0.103. The third-order valence-electron chi connectivity index (χ3n) is 2.93. The van der Waals surface area contributed by atoms with Crippen molar-refractivity contribution in [3.63, 3.8) is 0 Å². The zero-order valence-corrected chi connectivity index (χ0v) is 13.2. The summed E-state index contributed by atoms with van der Waals surface area (Å²) in [5.74, 6) is -0.106. The Morgan fingerprint density at radius 1 is 1.25 bits per heavy atom. The molecule has 20 heavy (non-hydrogen) atoms. The Labute approximate surface area is 127 Å². The van der Waals surface area contributed by atoms with Gasteiger partial charge in [-0.25, -0.2) is 0 Å². The number of thiophene rings is 1. The summed E-state index contributed by atoms with van der Waals surface area (Å²) in [6.45, 7) is 2.22. The number of hydrogen-bond acceptors (Lipinski definition) is 5. The van der Waals surface area contributed by atoms with Crippen LogP contribution in [-0.4, -0.2) is 16.1 Å². The van der Waals surface area contributed by atoms with E-state index in [9.17, 15) is 4.79 Å². The SMILES string of the molecule is CCCCCCCc1nnc(NC(=O)c2cccs2)s1. The number of rotatable bonds is 8. The lowest BCUT2D eigenvalue weighted by atomic mass is 10.1. The Balaban J connectivity index is 1.76. The number of unbranched alkanes of at least 4 members (excludes halogenated alkanes) is 4. The average molecular weight is 309 g/mol. The van der Waals surface area contributed by atoms with Gasteiger partial charge in [-0.05, 0) is 17.9 Å². The van der Waals surface area contributed by atoms with E-state index < -0.39 is 0 Å². The van der Waals surface area contributed by atoms with Crippen LogP contribution in [0.1, 0.15) is 53.7 Å². The number of carbonyl (C=O) groups excluding carboxylic acids is 1. The molecule has 0 saturated carbocycles. The summed E-state index contributed by atoms with van der Waals surface area (Å²) in [4.78, 5) is 12.6. The second-order valence-electron chi connectivity index (χ2n) is 4.60. The zero-order chi connectivity index (χ0) is 14.2. The molecular weight excluding hydrogens is 290 g/mol. The summed E-state index contributed by atoms with van der Waals surface area (Å²) in [5, 5.41) is 14.4. The minimum Gasteiger partial charge on any atom is -0.296 e. The highest BCUT2D eigenvalue weighted by atomic mass is 32.1. The zero-order valence-electron chi connectivity index (χ0n) is 11.6. The van der Waals surface area contributed by atoms with Crippen LogP contribution < -0.4 is 5.32 Å². The van der Waals surface area contributed by atoms with Crippen LogP contribution in [0, 0.1) is 0 Å². The topological polar surface area (TPSA) is 54.9 Å². The summed E-state index contributed by atoms with van der Waals surface area (Å²) in [5.41, 5.74) is 0. The molecular formula is C14H19N3OS2. The summed E-state index contributed by atoms with van der Waals surface area (Å²) in [7, 11) is 0. The first-order valence-electron chi connectivity index (χ1n) is 6.97. The highest BCUT2D eigenvalue weighted by molar-refractivity contribution is 7.15. The van der Waals surface area contributed by atoms with Crippen LogP contribution in [0.4, 0.5) is 5.13 Å². The van der Waals surface area contributed by atoms with Crippen molar-refractivity contribution < 1.29 is 4.79 Å². The van der Waals surface area contributed by atoms with Crippen LogP contribution in [-0.2, 0) is 6.42 Å². The Morgan fingerprint density at radius 3 is 2.85 bits per heavy atom. The van der Waals surface area contributed by atoms with E-state index in [0.717, 1.165) is 17.8 Å². The second-order valence-corrected chi connectivity index (χ2v) is 6.61. The van der Waals surface area contributed by atoms with Crippen LogP contribution in [0.5, 0.6) is 0 Å². The monoisotopic (exact) mass is 309 g/mol. The van der Waals surface area contributed by atoms with Gasteiger partial charge in [0.1, 0.15) is 5.01 Å². The molecule has 0 aliphatic carbocycles. The van der Waals surface area contributed by atoms with Crippen LogP contribution in [0.25, 0.3) is 0 Å². The van der Waals surface area contributed by atoms with Gasteiger partial charge in [-0.15, -0.1) is 21.5 Å². The molecule has 2 aromatic rings. The Kier molecular flexibility index (Phi) is 6.14. The predicted molar refractivity (Wildman–Crippen MR) is 84.6 cm³/mol. The number of hydrogen-bond donors (Lipinski definition) is 1. The van der Waals surface area contributed by atoms with Crippen molar-refractivity contribution in [3.8, 4) is 0 Å². The summed E-state index contributed by atoms with van der Waals surface area (Å²) in [6.07, 6.45) is 7.20. The molecule has 2 heterocycles. The molecule has 0 radical (unpaired) electrons. The molecule has 108 valence electrons. The molecule has 0 bridgehead atoms. The Bertz CT molecular complexity index is 522. The minimum atomic E-state index is -0.106. The lowest BCUT2D eigenvalue weighted by Gasteiger charge is -1.97. The fraction of sp³-hybridized carbons (Fsp3) is 0.500. The van der Waals surface area contributed by atoms with E-state index in [4.69, 9.17) is 0 Å². The van der Waals surface area contributed by atoms with E-state index in [-0.39, 0.29) is 5.91 Å². The van der Waals surface area contributed by atoms with E-state index in [0.29, 0.717) is 10.0 Å². The van der Waals surface area contributed by atoms with Crippen molar-refractivity contribution in [1.82, 2.24) is 10.2 Å². The quantitative estimate of drug-likeness (QED) is 0.737. The second kappa shape index (κ2) is 8.11. The number of anilines is 1. The molecule has 0 spiro atoms. The van der Waals surface area contributed by atoms with E-state index in [1.54, 1.807) is 6.07 Å². The van der Waals surface area contributed by atoms with Gasteiger partial charge in [-0.3, -0.25) is 10.1 Å². The third-order valence-corrected chi connectivity index (χ3v) is 4.69. The first-order chi connectivity index (χ1) is 9.79. The van der Waals surface area contributed by atoms with Gasteiger partial charge < -0.3 is 0 Å². The maximum atomic E-state index is 11.9. The van der Waals surface area contributed by atoms with Crippen molar-refractivity contribution in [2.75, 3.05) is 5.32 Å². The van der Waals surface area contributed by atoms with Gasteiger partial charge in [-0.1, -0.05) is 50.0 Å². The molecule has 0 unspecified atom stereocenters. The largest absolute Gasteiger partial charge is 0.296 e. The molecule has 1 amide bonds. The molecule has 4 nitrogen and oxygen atoms in total. The maximum absolute atomic E-state index is 11.9. The van der Waals surface area contributed by atoms with E-state index >= 15 is 0 Å². The van der Waals surface area contributed by atoms with Crippen LogP contribution in [0.2, 0.25) is 0 Å². The van der Waals surface area contributed by atoms with E-state index in [1.807, 2.05) is 11.4 Å². The predicted octanol–water partition coefficient (Wildman–Crippen LogP) is 4.36. The van der Waals surface area contributed by atoms with Crippen molar-refractivity contribution in [2.24, 2.45) is 0 Å². The normalized spacial score (nSPS) is 10.7. The Hall–Kier alpha value is -1.27. The van der Waals surface area contributed by atoms with Gasteiger partial charge >= 0.3 is 0 Å². The molecule has 0 aromatic carbocycles. The van der Waals surface area contributed by atoms with Crippen molar-refractivity contribution in [3.05, 3.63) is 27.4 Å². The van der Waals surface area contributed by atoms with Gasteiger partial charge in [-0.2, -0.15) is 0 Å². The van der Waals surface area contributed by atoms with Crippen molar-refractivity contribution >= 4 is 33.7 Å². The molecule has 2 rings (SSSR count). The number of aryl methyl sites for hydroxylation is 1. The number of nitrogens with one attached hydrogen (secondary N) is 1. The smallest absolute Gasteiger partial charge is 0.267 e. The first kappa shape index (κ1) is 15.1. The molecule has 0 aliphatic rings. The Morgan fingerprint density at radius 2 is 2.10 bits per heavy atom. The summed E-state index contributed by atoms with van der Waals surface area (Å²) in [6, 6.07) is 3.66. The summed E-state index contributed by atoms with van der Waals surface area (Å²) >= 11 is 2.90. The number of amides is 1.